The number of H-pyrrole nitrogens is 1. The molecule has 0 spiro atoms. The molecular formula is C27H19N3O4S. The summed E-state index contributed by atoms with van der Waals surface area (Å²) in [6.07, 6.45) is 3.42. The van der Waals surface area contributed by atoms with Crippen LogP contribution in [0.15, 0.2) is 102 Å². The van der Waals surface area contributed by atoms with Crippen LogP contribution in [-0.4, -0.2) is 26.9 Å². The van der Waals surface area contributed by atoms with Crippen molar-refractivity contribution in [1.82, 2.24) is 15.0 Å². The van der Waals surface area contributed by atoms with Gasteiger partial charge in [0.2, 0.25) is 0 Å². The number of imidazole rings is 1. The zero-order valence-corrected chi connectivity index (χ0v) is 19.2. The molecule has 7 nitrogen and oxygen atoms in total. The van der Waals surface area contributed by atoms with Crippen LogP contribution >= 0.6 is 11.8 Å². The summed E-state index contributed by atoms with van der Waals surface area (Å²) < 4.78 is 11.2. The molecule has 1 N–H and O–H groups in total. The average Bonchev–Trinajstić information content (AvgIpc) is 3.33. The standard InChI is InChI=1S/C27H19N3O4S/c31-25(19-7-3-1-4-8-19)33-23-12-11-18(15-24(23)34-26(32)20-9-5-2-6-10-20)17-35-27-29-21-13-14-28-16-22(21)30-27/h1-16H,17H2,(H,29,30). The number of thioether (sulfide) groups is 1. The zero-order valence-electron chi connectivity index (χ0n) is 18.4. The molecule has 0 aliphatic carbocycles. The van der Waals surface area contributed by atoms with Gasteiger partial charge >= 0.3 is 11.9 Å². The molecule has 0 radical (unpaired) electrons. The van der Waals surface area contributed by atoms with Gasteiger partial charge in [-0.05, 0) is 48.0 Å². The normalized spacial score (nSPS) is 10.7. The molecule has 3 aromatic carbocycles. The van der Waals surface area contributed by atoms with Crippen LogP contribution in [0.3, 0.4) is 0 Å². The summed E-state index contributed by atoms with van der Waals surface area (Å²) in [6.45, 7) is 0. The fraction of sp³-hybridized carbons (Fsp3) is 0.0370. The quantitative estimate of drug-likeness (QED) is 0.181. The van der Waals surface area contributed by atoms with Crippen LogP contribution in [0.5, 0.6) is 11.5 Å². The van der Waals surface area contributed by atoms with E-state index in [1.54, 1.807) is 73.1 Å². The molecule has 0 aliphatic heterocycles. The Morgan fingerprint density at radius 1 is 0.800 bits per heavy atom. The first kappa shape index (κ1) is 22.4. The number of ether oxygens (including phenoxy) is 2. The number of fused-ring (bicyclic) bond motifs is 1. The summed E-state index contributed by atoms with van der Waals surface area (Å²) in [7, 11) is 0. The van der Waals surface area contributed by atoms with Gasteiger partial charge in [-0.3, -0.25) is 4.98 Å². The monoisotopic (exact) mass is 481 g/mol. The molecule has 0 bridgehead atoms. The van der Waals surface area contributed by atoms with Crippen LogP contribution < -0.4 is 9.47 Å². The minimum atomic E-state index is -0.544. The van der Waals surface area contributed by atoms with Crippen LogP contribution in [0.4, 0.5) is 0 Å². The first-order chi connectivity index (χ1) is 17.2. The van der Waals surface area contributed by atoms with Crippen LogP contribution in [0.2, 0.25) is 0 Å². The lowest BCUT2D eigenvalue weighted by molar-refractivity contribution is 0.0682. The summed E-state index contributed by atoms with van der Waals surface area (Å²) in [5.74, 6) is -0.213. The molecule has 0 unspecified atom stereocenters. The highest BCUT2D eigenvalue weighted by molar-refractivity contribution is 7.98. The molecule has 0 amide bonds. The van der Waals surface area contributed by atoms with Gasteiger partial charge < -0.3 is 14.5 Å². The maximum Gasteiger partial charge on any atom is 0.343 e. The highest BCUT2D eigenvalue weighted by Gasteiger charge is 2.17. The van der Waals surface area contributed by atoms with E-state index in [2.05, 4.69) is 15.0 Å². The fourth-order valence-electron chi connectivity index (χ4n) is 3.33. The van der Waals surface area contributed by atoms with Crippen molar-refractivity contribution in [3.8, 4) is 11.5 Å². The summed E-state index contributed by atoms with van der Waals surface area (Å²) in [6, 6.07) is 24.3. The Bertz CT molecular complexity index is 1450. The van der Waals surface area contributed by atoms with Gasteiger partial charge in [-0.2, -0.15) is 0 Å². The number of carbonyl (C=O) groups is 2. The third-order valence-corrected chi connectivity index (χ3v) is 6.01. The van der Waals surface area contributed by atoms with E-state index in [1.165, 1.54) is 11.8 Å². The molecular weight excluding hydrogens is 462 g/mol. The SMILES string of the molecule is O=C(Oc1ccc(CSc2nc3ccncc3[nH]2)cc1OC(=O)c1ccccc1)c1ccccc1. The van der Waals surface area contributed by atoms with Crippen LogP contribution in [0.25, 0.3) is 11.0 Å². The number of hydrogen-bond donors (Lipinski definition) is 1. The lowest BCUT2D eigenvalue weighted by Crippen LogP contribution is -2.12. The fourth-order valence-corrected chi connectivity index (χ4v) is 4.15. The van der Waals surface area contributed by atoms with E-state index in [1.807, 2.05) is 24.3 Å². The van der Waals surface area contributed by atoms with E-state index < -0.39 is 11.9 Å². The van der Waals surface area contributed by atoms with Gasteiger partial charge in [0.1, 0.15) is 0 Å². The Labute approximate surface area is 205 Å². The topological polar surface area (TPSA) is 94.2 Å². The van der Waals surface area contributed by atoms with Gasteiger partial charge in [-0.25, -0.2) is 14.6 Å². The van der Waals surface area contributed by atoms with E-state index in [0.717, 1.165) is 21.8 Å². The van der Waals surface area contributed by atoms with E-state index in [4.69, 9.17) is 9.47 Å². The van der Waals surface area contributed by atoms with Gasteiger partial charge in [0.15, 0.2) is 16.7 Å². The highest BCUT2D eigenvalue weighted by Crippen LogP contribution is 2.32. The number of nitrogens with one attached hydrogen (secondary N) is 1. The number of aromatic amines is 1. The molecule has 5 rings (SSSR count). The van der Waals surface area contributed by atoms with Crippen molar-refractivity contribution in [2.24, 2.45) is 0 Å². The molecule has 0 aliphatic rings. The second-order valence-electron chi connectivity index (χ2n) is 7.52. The molecule has 5 aromatic rings. The van der Waals surface area contributed by atoms with E-state index in [-0.39, 0.29) is 11.5 Å². The molecule has 35 heavy (non-hydrogen) atoms. The molecule has 0 fully saturated rings. The van der Waals surface area contributed by atoms with Crippen molar-refractivity contribution < 1.29 is 19.1 Å². The molecule has 0 saturated heterocycles. The molecule has 0 saturated carbocycles. The highest BCUT2D eigenvalue weighted by atomic mass is 32.2. The van der Waals surface area contributed by atoms with E-state index in [0.29, 0.717) is 16.9 Å². The van der Waals surface area contributed by atoms with Gasteiger partial charge in [0.25, 0.3) is 0 Å². The Morgan fingerprint density at radius 2 is 1.46 bits per heavy atom. The number of rotatable bonds is 7. The minimum Gasteiger partial charge on any atom is -0.419 e. The Morgan fingerprint density at radius 3 is 2.11 bits per heavy atom. The van der Waals surface area contributed by atoms with Crippen molar-refractivity contribution in [2.75, 3.05) is 0 Å². The van der Waals surface area contributed by atoms with E-state index >= 15 is 0 Å². The average molecular weight is 482 g/mol. The van der Waals surface area contributed by atoms with Crippen molar-refractivity contribution >= 4 is 34.7 Å². The molecule has 172 valence electrons. The maximum atomic E-state index is 12.7. The van der Waals surface area contributed by atoms with E-state index in [9.17, 15) is 9.59 Å². The summed E-state index contributed by atoms with van der Waals surface area (Å²) >= 11 is 1.50. The molecule has 2 heterocycles. The van der Waals surface area contributed by atoms with Crippen molar-refractivity contribution in [2.45, 2.75) is 10.9 Å². The smallest absolute Gasteiger partial charge is 0.343 e. The number of esters is 2. The predicted molar refractivity (Wildman–Crippen MR) is 133 cm³/mol. The lowest BCUT2D eigenvalue weighted by Gasteiger charge is -2.12. The van der Waals surface area contributed by atoms with Gasteiger partial charge in [-0.1, -0.05) is 54.2 Å². The van der Waals surface area contributed by atoms with Crippen LogP contribution in [-0.2, 0) is 5.75 Å². The number of aromatic nitrogens is 3. The first-order valence-electron chi connectivity index (χ1n) is 10.8. The first-order valence-corrected chi connectivity index (χ1v) is 11.7. The number of carbonyl (C=O) groups excluding carboxylic acids is 2. The summed E-state index contributed by atoms with van der Waals surface area (Å²) in [4.78, 5) is 37.2. The number of hydrogen-bond acceptors (Lipinski definition) is 7. The van der Waals surface area contributed by atoms with Crippen LogP contribution in [0.1, 0.15) is 26.3 Å². The molecule has 0 atom stereocenters. The lowest BCUT2D eigenvalue weighted by atomic mass is 10.2. The van der Waals surface area contributed by atoms with Gasteiger partial charge in [-0.15, -0.1) is 0 Å². The maximum absolute atomic E-state index is 12.7. The summed E-state index contributed by atoms with van der Waals surface area (Å²) in [5.41, 5.74) is 3.35. The predicted octanol–water partition coefficient (Wildman–Crippen LogP) is 5.69. The van der Waals surface area contributed by atoms with Crippen molar-refractivity contribution in [1.29, 1.82) is 0 Å². The largest absolute Gasteiger partial charge is 0.419 e. The Balaban J connectivity index is 1.38. The van der Waals surface area contributed by atoms with Crippen molar-refractivity contribution in [3.05, 3.63) is 114 Å². The van der Waals surface area contributed by atoms with Crippen molar-refractivity contribution in [3.63, 3.8) is 0 Å². The number of benzene rings is 3. The third-order valence-electron chi connectivity index (χ3n) is 5.07. The number of nitrogens with zero attached hydrogens (tertiary/aromatic N) is 2. The minimum absolute atomic E-state index is 0.159. The van der Waals surface area contributed by atoms with Gasteiger partial charge in [0.05, 0.1) is 28.4 Å². The molecule has 2 aromatic heterocycles. The molecule has 8 heteroatoms. The zero-order chi connectivity index (χ0) is 24.0. The second-order valence-corrected chi connectivity index (χ2v) is 8.48. The van der Waals surface area contributed by atoms with Crippen LogP contribution in [0, 0.1) is 0 Å². The summed E-state index contributed by atoms with van der Waals surface area (Å²) in [5, 5.41) is 0.746. The third kappa shape index (κ3) is 5.39. The Hall–Kier alpha value is -4.43. The Kier molecular flexibility index (Phi) is 6.54. The second kappa shape index (κ2) is 10.2. The van der Waals surface area contributed by atoms with Gasteiger partial charge in [0, 0.05) is 11.9 Å². The number of pyridine rings is 1.